The second-order valence-corrected chi connectivity index (χ2v) is 2.10. The van der Waals surface area contributed by atoms with Crippen LogP contribution >= 0.6 is 0 Å². The molecule has 0 saturated heterocycles. The van der Waals surface area contributed by atoms with Gasteiger partial charge in [0.2, 0.25) is 0 Å². The van der Waals surface area contributed by atoms with E-state index in [4.69, 9.17) is 5.73 Å². The number of benzene rings is 1. The van der Waals surface area contributed by atoms with Crippen molar-refractivity contribution in [3.63, 3.8) is 0 Å². The number of aromatic amines is 1. The Kier molecular flexibility index (Phi) is 4.37. The molecule has 1 aromatic heterocycles. The van der Waals surface area contributed by atoms with Crippen LogP contribution in [-0.4, -0.2) is 9.97 Å². The molecule has 2 N–H and O–H groups in total. The van der Waals surface area contributed by atoms with Crippen molar-refractivity contribution >= 4 is 17.0 Å². The van der Waals surface area contributed by atoms with Crippen LogP contribution in [0.15, 0.2) is 24.3 Å². The molecule has 0 atom stereocenters. The Morgan fingerprint density at radius 3 is 2.58 bits per heavy atom. The quantitative estimate of drug-likeness (QED) is 0.697. The first-order valence-corrected chi connectivity index (χ1v) is 3.02. The number of nitrogens with one attached hydrogen (secondary N) is 2. The van der Waals surface area contributed by atoms with E-state index < -0.39 is 0 Å². The molecule has 0 bridgehead atoms. The van der Waals surface area contributed by atoms with Crippen LogP contribution in [0.2, 0.25) is 0 Å². The van der Waals surface area contributed by atoms with Crippen LogP contribution in [0, 0.1) is 38.5 Å². The van der Waals surface area contributed by atoms with Gasteiger partial charge in [-0.2, -0.15) is 0 Å². The van der Waals surface area contributed by atoms with Crippen molar-refractivity contribution in [3.8, 4) is 0 Å². The van der Waals surface area contributed by atoms with E-state index in [2.05, 4.69) is 9.97 Å². The standard InChI is InChI=1S/C7H6N3.CH3.U/c8-7-9-5-3-1-2-4-6(5)10-7;;/h1-4H,(H2-,8,9,10);1H3;/q2*-1;+2. The maximum atomic E-state index is 7.16. The first-order valence-electron chi connectivity index (χ1n) is 3.02. The van der Waals surface area contributed by atoms with Gasteiger partial charge in [-0.05, 0) is 5.52 Å². The fourth-order valence-electron chi connectivity index (χ4n) is 0.953. The number of rotatable bonds is 0. The summed E-state index contributed by atoms with van der Waals surface area (Å²) in [5.41, 5.74) is 8.93. The van der Waals surface area contributed by atoms with Gasteiger partial charge in [-0.25, -0.2) is 0 Å². The minimum Gasteiger partial charge on any atom is -0.412 e. The van der Waals surface area contributed by atoms with E-state index in [1.165, 1.54) is 0 Å². The number of para-hydroxylation sites is 2. The molecule has 0 aliphatic rings. The van der Waals surface area contributed by atoms with Gasteiger partial charge in [0, 0.05) is 11.5 Å². The first-order chi connectivity index (χ1) is 4.86. The average Bonchev–Trinajstić information content (AvgIpc) is 2.27. The molecule has 0 aliphatic heterocycles. The summed E-state index contributed by atoms with van der Waals surface area (Å²) in [6, 6.07) is 7.60. The molecule has 0 spiro atoms. The molecule has 0 radical (unpaired) electrons. The van der Waals surface area contributed by atoms with E-state index in [1.54, 1.807) is 0 Å². The van der Waals surface area contributed by atoms with E-state index in [0.29, 0.717) is 0 Å². The van der Waals surface area contributed by atoms with E-state index >= 15 is 0 Å². The summed E-state index contributed by atoms with van der Waals surface area (Å²) < 4.78 is 0. The van der Waals surface area contributed by atoms with Crippen molar-refractivity contribution in [2.45, 2.75) is 0 Å². The molecular weight excluding hydrogens is 376 g/mol. The first kappa shape index (κ1) is 11.5. The van der Waals surface area contributed by atoms with Crippen LogP contribution in [-0.2, 0) is 0 Å². The molecule has 0 fully saturated rings. The molecule has 0 aliphatic carbocycles. The number of aromatic nitrogens is 2. The van der Waals surface area contributed by atoms with E-state index in [1.807, 2.05) is 24.3 Å². The zero-order valence-corrected chi connectivity index (χ0v) is 10.9. The second kappa shape index (κ2) is 4.54. The Morgan fingerprint density at radius 1 is 1.25 bits per heavy atom. The Balaban J connectivity index is 0.000000605. The Bertz CT molecular complexity index is 323. The Labute approximate surface area is 95.1 Å². The molecule has 0 unspecified atom stereocenters. The van der Waals surface area contributed by atoms with Gasteiger partial charge in [-0.15, -0.1) is 0 Å². The molecule has 2 rings (SSSR count). The van der Waals surface area contributed by atoms with Crippen molar-refractivity contribution < 1.29 is 31.1 Å². The number of H-pyrrole nitrogens is 1. The molecule has 12 heavy (non-hydrogen) atoms. The fourth-order valence-corrected chi connectivity index (χ4v) is 0.953. The summed E-state index contributed by atoms with van der Waals surface area (Å²) in [4.78, 5) is 6.74. The van der Waals surface area contributed by atoms with Gasteiger partial charge in [0.15, 0.2) is 0 Å². The van der Waals surface area contributed by atoms with Crippen LogP contribution in [0.5, 0.6) is 0 Å². The average molecular weight is 385 g/mol. The van der Waals surface area contributed by atoms with Gasteiger partial charge in [-0.3, -0.25) is 0 Å². The molecule has 1 heterocycles. The number of hydrogen-bond donors (Lipinski definition) is 1. The minimum absolute atomic E-state index is 0. The maximum Gasteiger partial charge on any atom is 2.00 e. The van der Waals surface area contributed by atoms with Gasteiger partial charge < -0.3 is 23.1 Å². The summed E-state index contributed by atoms with van der Waals surface area (Å²) in [5.74, 6) is 0.223. The topological polar surface area (TPSA) is 52.5 Å². The van der Waals surface area contributed by atoms with Crippen molar-refractivity contribution in [1.29, 1.82) is 0 Å². The number of imidazole rings is 1. The second-order valence-electron chi connectivity index (χ2n) is 2.10. The monoisotopic (exact) mass is 385 g/mol. The smallest absolute Gasteiger partial charge is 0.412 e. The van der Waals surface area contributed by atoms with Gasteiger partial charge in [0.1, 0.15) is 0 Å². The van der Waals surface area contributed by atoms with Crippen LogP contribution < -0.4 is 0 Å². The summed E-state index contributed by atoms with van der Waals surface area (Å²) in [5, 5.41) is 0. The number of nitrogens with zero attached hydrogens (tertiary/aromatic N) is 1. The molecule has 0 amide bonds. The van der Waals surface area contributed by atoms with Crippen molar-refractivity contribution in [1.82, 2.24) is 9.97 Å². The summed E-state index contributed by atoms with van der Waals surface area (Å²) in [6.07, 6.45) is 0. The third-order valence-corrected chi connectivity index (χ3v) is 1.39. The Morgan fingerprint density at radius 2 is 1.92 bits per heavy atom. The van der Waals surface area contributed by atoms with E-state index in [-0.39, 0.29) is 44.5 Å². The third-order valence-electron chi connectivity index (χ3n) is 1.39. The fraction of sp³-hybridized carbons (Fsp3) is 0. The molecular formula is C8H9N3U. The molecule has 3 nitrogen and oxygen atoms in total. The summed E-state index contributed by atoms with van der Waals surface area (Å²) in [6.45, 7) is 0. The molecule has 0 saturated carbocycles. The molecule has 60 valence electrons. The zero-order valence-electron chi connectivity index (χ0n) is 6.76. The van der Waals surface area contributed by atoms with Crippen LogP contribution in [0.3, 0.4) is 0 Å². The summed E-state index contributed by atoms with van der Waals surface area (Å²) >= 11 is 0. The SMILES string of the molecule is [CH3-].[NH-]c1nc2ccccc2[nH]1.[U+2]. The van der Waals surface area contributed by atoms with Gasteiger partial charge in [0.25, 0.3) is 0 Å². The van der Waals surface area contributed by atoms with Gasteiger partial charge in [0.05, 0.1) is 0 Å². The maximum absolute atomic E-state index is 7.16. The van der Waals surface area contributed by atoms with Crippen LogP contribution in [0.4, 0.5) is 5.95 Å². The van der Waals surface area contributed by atoms with Gasteiger partial charge in [-0.1, -0.05) is 24.3 Å². The van der Waals surface area contributed by atoms with E-state index in [0.717, 1.165) is 11.0 Å². The third kappa shape index (κ3) is 2.03. The van der Waals surface area contributed by atoms with Crippen LogP contribution in [0.25, 0.3) is 16.8 Å². The van der Waals surface area contributed by atoms with Gasteiger partial charge >= 0.3 is 31.1 Å². The molecule has 4 heteroatoms. The molecule has 2 aromatic rings. The minimum atomic E-state index is 0. The number of fused-ring (bicyclic) bond motifs is 1. The normalized spacial score (nSPS) is 8.67. The van der Waals surface area contributed by atoms with Crippen LogP contribution in [0.1, 0.15) is 0 Å². The largest absolute Gasteiger partial charge is 2.00 e. The van der Waals surface area contributed by atoms with Crippen molar-refractivity contribution in [2.24, 2.45) is 0 Å². The molecule has 1 aromatic carbocycles. The van der Waals surface area contributed by atoms with Crippen molar-refractivity contribution in [2.75, 3.05) is 0 Å². The summed E-state index contributed by atoms with van der Waals surface area (Å²) in [7, 11) is 0. The van der Waals surface area contributed by atoms with E-state index in [9.17, 15) is 0 Å². The predicted octanol–water partition coefficient (Wildman–Crippen LogP) is 2.70. The van der Waals surface area contributed by atoms with Crippen molar-refractivity contribution in [3.05, 3.63) is 37.4 Å². The predicted molar refractivity (Wildman–Crippen MR) is 46.5 cm³/mol. The number of hydrogen-bond acceptors (Lipinski definition) is 1. The zero-order chi connectivity index (χ0) is 6.97. The Hall–Kier alpha value is -0.458.